The largest absolute Gasteiger partial charge is 0.341 e. The Hall–Kier alpha value is -1.42. The summed E-state index contributed by atoms with van der Waals surface area (Å²) in [5.41, 5.74) is 2.92. The Morgan fingerprint density at radius 3 is 3.05 bits per heavy atom. The number of pyridine rings is 1. The van der Waals surface area contributed by atoms with Crippen LogP contribution in [-0.4, -0.2) is 28.0 Å². The minimum Gasteiger partial charge on any atom is -0.341 e. The molecule has 0 aliphatic carbocycles. The van der Waals surface area contributed by atoms with Crippen LogP contribution < -0.4 is 5.32 Å². The number of aryl methyl sites for hydroxylation is 1. The van der Waals surface area contributed by atoms with Crippen molar-refractivity contribution in [3.8, 4) is 0 Å². The van der Waals surface area contributed by atoms with Crippen molar-refractivity contribution >= 4 is 11.2 Å². The standard InChI is InChI=1S/C15H22N4/c1-10(12-4-3-7-16-9-12)8-14-18-13-6-5-11(2)17-15(13)19-14/h5-6,10,12,16H,3-4,7-9H2,1-2H3,(H,17,18,19). The van der Waals surface area contributed by atoms with Gasteiger partial charge >= 0.3 is 0 Å². The molecule has 4 nitrogen and oxygen atoms in total. The number of hydrogen-bond donors (Lipinski definition) is 2. The molecule has 3 heterocycles. The van der Waals surface area contributed by atoms with Gasteiger partial charge in [0.05, 0.1) is 5.52 Å². The van der Waals surface area contributed by atoms with Gasteiger partial charge in [0, 0.05) is 12.1 Å². The highest BCUT2D eigenvalue weighted by molar-refractivity contribution is 5.70. The van der Waals surface area contributed by atoms with Crippen LogP contribution in [-0.2, 0) is 6.42 Å². The summed E-state index contributed by atoms with van der Waals surface area (Å²) in [5, 5.41) is 3.49. The Balaban J connectivity index is 1.73. The number of fused-ring (bicyclic) bond motifs is 1. The number of nitrogens with one attached hydrogen (secondary N) is 2. The summed E-state index contributed by atoms with van der Waals surface area (Å²) in [6.07, 6.45) is 3.66. The van der Waals surface area contributed by atoms with Gasteiger partial charge < -0.3 is 10.3 Å². The second-order valence-corrected chi connectivity index (χ2v) is 5.80. The average Bonchev–Trinajstić information content (AvgIpc) is 2.81. The van der Waals surface area contributed by atoms with Gasteiger partial charge in [-0.05, 0) is 56.8 Å². The number of imidazole rings is 1. The van der Waals surface area contributed by atoms with Crippen molar-refractivity contribution in [2.24, 2.45) is 11.8 Å². The van der Waals surface area contributed by atoms with Crippen LogP contribution in [0.25, 0.3) is 11.2 Å². The summed E-state index contributed by atoms with van der Waals surface area (Å²) in [6, 6.07) is 4.10. The number of H-pyrrole nitrogens is 1. The third kappa shape index (κ3) is 2.78. The fraction of sp³-hybridized carbons (Fsp3) is 0.600. The number of piperidine rings is 1. The Morgan fingerprint density at radius 2 is 2.26 bits per heavy atom. The van der Waals surface area contributed by atoms with Crippen molar-refractivity contribution in [1.82, 2.24) is 20.3 Å². The molecule has 2 N–H and O–H groups in total. The maximum atomic E-state index is 4.62. The first-order chi connectivity index (χ1) is 9.22. The van der Waals surface area contributed by atoms with E-state index in [1.165, 1.54) is 19.4 Å². The molecule has 0 amide bonds. The van der Waals surface area contributed by atoms with Gasteiger partial charge in [0.15, 0.2) is 5.65 Å². The van der Waals surface area contributed by atoms with Crippen molar-refractivity contribution in [3.05, 3.63) is 23.7 Å². The molecule has 1 aliphatic heterocycles. The van der Waals surface area contributed by atoms with Gasteiger partial charge in [-0.15, -0.1) is 0 Å². The van der Waals surface area contributed by atoms with Gasteiger partial charge in [0.1, 0.15) is 5.82 Å². The molecule has 2 aromatic heterocycles. The zero-order chi connectivity index (χ0) is 13.2. The van der Waals surface area contributed by atoms with Gasteiger partial charge in [-0.2, -0.15) is 0 Å². The van der Waals surface area contributed by atoms with Crippen LogP contribution in [0.4, 0.5) is 0 Å². The fourth-order valence-electron chi connectivity index (χ4n) is 2.97. The summed E-state index contributed by atoms with van der Waals surface area (Å²) < 4.78 is 0. The van der Waals surface area contributed by atoms with E-state index in [1.807, 2.05) is 13.0 Å². The van der Waals surface area contributed by atoms with E-state index in [-0.39, 0.29) is 0 Å². The van der Waals surface area contributed by atoms with Gasteiger partial charge in [0.2, 0.25) is 0 Å². The Kier molecular flexibility index (Phi) is 3.51. The third-order valence-electron chi connectivity index (χ3n) is 4.19. The quantitative estimate of drug-likeness (QED) is 0.889. The predicted octanol–water partition coefficient (Wildman–Crippen LogP) is 2.44. The number of rotatable bonds is 3. The van der Waals surface area contributed by atoms with E-state index in [9.17, 15) is 0 Å². The molecule has 0 bridgehead atoms. The maximum absolute atomic E-state index is 4.62. The Morgan fingerprint density at radius 1 is 1.37 bits per heavy atom. The van der Waals surface area contributed by atoms with Crippen LogP contribution in [0.2, 0.25) is 0 Å². The molecule has 2 atom stereocenters. The molecule has 19 heavy (non-hydrogen) atoms. The highest BCUT2D eigenvalue weighted by atomic mass is 15.0. The molecule has 0 aromatic carbocycles. The van der Waals surface area contributed by atoms with Crippen LogP contribution in [0.5, 0.6) is 0 Å². The van der Waals surface area contributed by atoms with E-state index in [0.717, 1.165) is 41.6 Å². The van der Waals surface area contributed by atoms with Crippen molar-refractivity contribution in [2.45, 2.75) is 33.1 Å². The number of nitrogens with zero attached hydrogens (tertiary/aromatic N) is 2. The molecule has 2 aromatic rings. The van der Waals surface area contributed by atoms with Crippen molar-refractivity contribution in [2.75, 3.05) is 13.1 Å². The minimum absolute atomic E-state index is 0.662. The van der Waals surface area contributed by atoms with Crippen LogP contribution >= 0.6 is 0 Å². The Labute approximate surface area is 114 Å². The van der Waals surface area contributed by atoms with Crippen LogP contribution in [0.3, 0.4) is 0 Å². The lowest BCUT2D eigenvalue weighted by Crippen LogP contribution is -2.34. The molecular weight excluding hydrogens is 236 g/mol. The van der Waals surface area contributed by atoms with Gasteiger partial charge in [-0.1, -0.05) is 6.92 Å². The van der Waals surface area contributed by atoms with Crippen LogP contribution in [0.1, 0.15) is 31.3 Å². The predicted molar refractivity (Wildman–Crippen MR) is 77.1 cm³/mol. The number of hydrogen-bond acceptors (Lipinski definition) is 3. The van der Waals surface area contributed by atoms with Gasteiger partial charge in [-0.3, -0.25) is 0 Å². The molecule has 1 saturated heterocycles. The first kappa shape index (κ1) is 12.6. The summed E-state index contributed by atoms with van der Waals surface area (Å²) in [7, 11) is 0. The van der Waals surface area contributed by atoms with E-state index in [2.05, 4.69) is 33.3 Å². The second-order valence-electron chi connectivity index (χ2n) is 5.80. The summed E-state index contributed by atoms with van der Waals surface area (Å²) in [5.74, 6) is 2.51. The molecule has 3 rings (SSSR count). The first-order valence-electron chi connectivity index (χ1n) is 7.25. The normalized spacial score (nSPS) is 21.7. The Bertz CT molecular complexity index is 554. The van der Waals surface area contributed by atoms with Gasteiger partial charge in [0.25, 0.3) is 0 Å². The lowest BCUT2D eigenvalue weighted by Gasteiger charge is -2.27. The van der Waals surface area contributed by atoms with Crippen molar-refractivity contribution in [3.63, 3.8) is 0 Å². The van der Waals surface area contributed by atoms with E-state index < -0.39 is 0 Å². The number of aromatic nitrogens is 3. The molecule has 102 valence electrons. The molecule has 2 unspecified atom stereocenters. The minimum atomic E-state index is 0.662. The highest BCUT2D eigenvalue weighted by Crippen LogP contribution is 2.23. The second kappa shape index (κ2) is 5.29. The summed E-state index contributed by atoms with van der Waals surface area (Å²) in [6.45, 7) is 6.67. The third-order valence-corrected chi connectivity index (χ3v) is 4.19. The van der Waals surface area contributed by atoms with Crippen LogP contribution in [0.15, 0.2) is 12.1 Å². The molecular formula is C15H22N4. The van der Waals surface area contributed by atoms with E-state index >= 15 is 0 Å². The van der Waals surface area contributed by atoms with Crippen molar-refractivity contribution in [1.29, 1.82) is 0 Å². The monoisotopic (exact) mass is 258 g/mol. The lowest BCUT2D eigenvalue weighted by molar-refractivity contribution is 0.276. The maximum Gasteiger partial charge on any atom is 0.177 e. The molecule has 1 aliphatic rings. The lowest BCUT2D eigenvalue weighted by atomic mass is 9.85. The molecule has 0 radical (unpaired) electrons. The zero-order valence-electron chi connectivity index (χ0n) is 11.7. The molecule has 4 heteroatoms. The summed E-state index contributed by atoms with van der Waals surface area (Å²) in [4.78, 5) is 12.5. The van der Waals surface area contributed by atoms with E-state index in [0.29, 0.717) is 5.92 Å². The molecule has 1 fully saturated rings. The fourth-order valence-corrected chi connectivity index (χ4v) is 2.97. The first-order valence-corrected chi connectivity index (χ1v) is 7.25. The average molecular weight is 258 g/mol. The van der Waals surface area contributed by atoms with E-state index in [4.69, 9.17) is 0 Å². The smallest absolute Gasteiger partial charge is 0.177 e. The zero-order valence-corrected chi connectivity index (χ0v) is 11.7. The molecule has 0 saturated carbocycles. The number of aromatic amines is 1. The van der Waals surface area contributed by atoms with Crippen LogP contribution in [0, 0.1) is 18.8 Å². The molecule has 0 spiro atoms. The summed E-state index contributed by atoms with van der Waals surface area (Å²) >= 11 is 0. The van der Waals surface area contributed by atoms with Crippen molar-refractivity contribution < 1.29 is 0 Å². The van der Waals surface area contributed by atoms with E-state index in [1.54, 1.807) is 0 Å². The topological polar surface area (TPSA) is 53.6 Å². The SMILES string of the molecule is Cc1ccc2[nH]c(CC(C)C3CCCNC3)nc2n1. The van der Waals surface area contributed by atoms with Gasteiger partial charge in [-0.25, -0.2) is 9.97 Å². The highest BCUT2D eigenvalue weighted by Gasteiger charge is 2.21.